The van der Waals surface area contributed by atoms with E-state index in [9.17, 15) is 27.2 Å². The summed E-state index contributed by atoms with van der Waals surface area (Å²) in [4.78, 5) is 33.3. The number of hydrogen-bond acceptors (Lipinski definition) is 5. The van der Waals surface area contributed by atoms with Crippen LogP contribution in [0.2, 0.25) is 0 Å². The number of hydrogen-bond donors (Lipinski definition) is 0. The topological polar surface area (TPSA) is 72.4 Å². The molecule has 1 aromatic heterocycles. The highest BCUT2D eigenvalue weighted by Crippen LogP contribution is 2.32. The molecule has 0 radical (unpaired) electrons. The van der Waals surface area contributed by atoms with Crippen molar-refractivity contribution in [2.75, 3.05) is 4.90 Å². The molecule has 0 N–H and O–H groups in total. The van der Waals surface area contributed by atoms with E-state index >= 15 is 0 Å². The van der Waals surface area contributed by atoms with Crippen LogP contribution in [-0.4, -0.2) is 28.0 Å². The molecule has 0 saturated heterocycles. The van der Waals surface area contributed by atoms with E-state index in [-0.39, 0.29) is 28.7 Å². The van der Waals surface area contributed by atoms with Crippen LogP contribution in [0.25, 0.3) is 0 Å². The lowest BCUT2D eigenvalue weighted by Gasteiger charge is -2.24. The zero-order chi connectivity index (χ0) is 26.4. The summed E-state index contributed by atoms with van der Waals surface area (Å²) in [6.45, 7) is -0.706. The standard InChI is InChI=1S/C27H25F4N3O3/c28-22-13-20(25(35)37-17-18-7-3-1-4-8-18)11-12-24(22)34(26(36)27(29,30)31)16-21-14-33-23(15-32-21)19-9-5-2-6-10-19/h1,3-4,7-8,11-15,19H,2,5-6,9-10,16-17H2. The molecule has 1 heterocycles. The van der Waals surface area contributed by atoms with E-state index in [0.717, 1.165) is 56.0 Å². The third kappa shape index (κ3) is 6.69. The van der Waals surface area contributed by atoms with Gasteiger partial charge in [0.1, 0.15) is 12.4 Å². The average Bonchev–Trinajstić information content (AvgIpc) is 2.91. The summed E-state index contributed by atoms with van der Waals surface area (Å²) < 4.78 is 60.2. The Balaban J connectivity index is 1.52. The van der Waals surface area contributed by atoms with E-state index in [1.165, 1.54) is 12.4 Å². The minimum absolute atomic E-state index is 0.0583. The van der Waals surface area contributed by atoms with Crippen molar-refractivity contribution in [3.8, 4) is 0 Å². The van der Waals surface area contributed by atoms with Gasteiger partial charge in [-0.2, -0.15) is 13.2 Å². The van der Waals surface area contributed by atoms with E-state index in [4.69, 9.17) is 4.74 Å². The normalized spacial score (nSPS) is 14.3. The van der Waals surface area contributed by atoms with Gasteiger partial charge in [0.15, 0.2) is 0 Å². The molecule has 10 heteroatoms. The zero-order valence-corrected chi connectivity index (χ0v) is 19.9. The molecule has 2 aromatic carbocycles. The zero-order valence-electron chi connectivity index (χ0n) is 19.9. The van der Waals surface area contributed by atoms with Gasteiger partial charge in [-0.15, -0.1) is 0 Å². The van der Waals surface area contributed by atoms with Crippen molar-refractivity contribution in [2.45, 2.75) is 57.3 Å². The SMILES string of the molecule is O=C(OCc1ccccc1)c1ccc(N(Cc2cnc(C3CCCCC3)cn2)C(=O)C(F)(F)F)c(F)c1. The predicted molar refractivity (Wildman–Crippen MR) is 127 cm³/mol. The van der Waals surface area contributed by atoms with Crippen LogP contribution in [0, 0.1) is 5.82 Å². The maximum atomic E-state index is 15.0. The van der Waals surface area contributed by atoms with Crippen molar-refractivity contribution >= 4 is 17.6 Å². The van der Waals surface area contributed by atoms with E-state index in [1.54, 1.807) is 30.3 Å². The summed E-state index contributed by atoms with van der Waals surface area (Å²) in [5.41, 5.74) is 0.698. The van der Waals surface area contributed by atoms with Crippen LogP contribution in [0.5, 0.6) is 0 Å². The van der Waals surface area contributed by atoms with E-state index in [1.807, 2.05) is 0 Å². The molecular weight excluding hydrogens is 490 g/mol. The smallest absolute Gasteiger partial charge is 0.457 e. The largest absolute Gasteiger partial charge is 0.471 e. The molecule has 194 valence electrons. The number of amides is 1. The van der Waals surface area contributed by atoms with E-state index in [2.05, 4.69) is 9.97 Å². The van der Waals surface area contributed by atoms with Gasteiger partial charge in [0.05, 0.1) is 35.4 Å². The summed E-state index contributed by atoms with van der Waals surface area (Å²) in [5.74, 6) is -4.05. The summed E-state index contributed by atoms with van der Waals surface area (Å²) >= 11 is 0. The van der Waals surface area contributed by atoms with Crippen molar-refractivity contribution in [3.63, 3.8) is 0 Å². The van der Waals surface area contributed by atoms with Crippen molar-refractivity contribution in [1.82, 2.24) is 9.97 Å². The maximum Gasteiger partial charge on any atom is 0.471 e. The average molecular weight is 516 g/mol. The van der Waals surface area contributed by atoms with E-state index in [0.29, 0.717) is 5.56 Å². The minimum Gasteiger partial charge on any atom is -0.457 e. The number of alkyl halides is 3. The van der Waals surface area contributed by atoms with Crippen LogP contribution in [0.1, 0.15) is 65.3 Å². The molecule has 0 aliphatic heterocycles. The molecule has 1 saturated carbocycles. The number of carbonyl (C=O) groups excluding carboxylic acids is 2. The summed E-state index contributed by atoms with van der Waals surface area (Å²) in [5, 5.41) is 0. The first kappa shape index (κ1) is 26.2. The number of anilines is 1. The van der Waals surface area contributed by atoms with Crippen LogP contribution in [0.3, 0.4) is 0 Å². The molecule has 1 aliphatic carbocycles. The van der Waals surface area contributed by atoms with Crippen LogP contribution >= 0.6 is 0 Å². The number of aromatic nitrogens is 2. The van der Waals surface area contributed by atoms with Gasteiger partial charge in [0, 0.05) is 12.1 Å². The fourth-order valence-corrected chi connectivity index (χ4v) is 4.30. The lowest BCUT2D eigenvalue weighted by molar-refractivity contribution is -0.170. The Morgan fingerprint density at radius 2 is 1.70 bits per heavy atom. The molecule has 0 unspecified atom stereocenters. The van der Waals surface area contributed by atoms with Gasteiger partial charge in [-0.1, -0.05) is 49.6 Å². The summed E-state index contributed by atoms with van der Waals surface area (Å²) in [6.07, 6.45) is 2.82. The van der Waals surface area contributed by atoms with Gasteiger partial charge in [0.25, 0.3) is 0 Å². The third-order valence-electron chi connectivity index (χ3n) is 6.24. The molecule has 4 rings (SSSR count). The molecule has 3 aromatic rings. The fourth-order valence-electron chi connectivity index (χ4n) is 4.30. The van der Waals surface area contributed by atoms with Crippen molar-refractivity contribution in [1.29, 1.82) is 0 Å². The minimum atomic E-state index is -5.25. The Morgan fingerprint density at radius 1 is 0.973 bits per heavy atom. The molecule has 1 aliphatic rings. The van der Waals surface area contributed by atoms with Crippen molar-refractivity contribution in [3.05, 3.63) is 89.3 Å². The van der Waals surface area contributed by atoms with Crippen molar-refractivity contribution < 1.29 is 31.9 Å². The van der Waals surface area contributed by atoms with Gasteiger partial charge in [-0.25, -0.2) is 9.18 Å². The maximum absolute atomic E-state index is 15.0. The van der Waals surface area contributed by atoms with Gasteiger partial charge in [-0.05, 0) is 36.6 Å². The second kappa shape index (κ2) is 11.5. The first-order chi connectivity index (χ1) is 17.7. The lowest BCUT2D eigenvalue weighted by Crippen LogP contribution is -2.41. The summed E-state index contributed by atoms with van der Waals surface area (Å²) in [6, 6.07) is 11.6. The Bertz CT molecular complexity index is 1230. The highest BCUT2D eigenvalue weighted by molar-refractivity contribution is 5.98. The van der Waals surface area contributed by atoms with Crippen LogP contribution in [-0.2, 0) is 22.7 Å². The fraction of sp³-hybridized carbons (Fsp3) is 0.333. The molecular formula is C27H25F4N3O3. The number of carbonyl (C=O) groups is 2. The Morgan fingerprint density at radius 3 is 2.32 bits per heavy atom. The summed E-state index contributed by atoms with van der Waals surface area (Å²) in [7, 11) is 0. The first-order valence-electron chi connectivity index (χ1n) is 11.9. The molecule has 1 fully saturated rings. The van der Waals surface area contributed by atoms with Gasteiger partial charge in [0.2, 0.25) is 0 Å². The Hall–Kier alpha value is -3.82. The Kier molecular flexibility index (Phi) is 8.15. The second-order valence-corrected chi connectivity index (χ2v) is 8.88. The molecule has 37 heavy (non-hydrogen) atoms. The molecule has 0 spiro atoms. The lowest BCUT2D eigenvalue weighted by atomic mass is 9.87. The van der Waals surface area contributed by atoms with Crippen LogP contribution in [0.4, 0.5) is 23.2 Å². The number of ether oxygens (including phenoxy) is 1. The van der Waals surface area contributed by atoms with Crippen LogP contribution in [0.15, 0.2) is 60.9 Å². The van der Waals surface area contributed by atoms with Gasteiger partial charge < -0.3 is 4.74 Å². The van der Waals surface area contributed by atoms with E-state index < -0.39 is 36.1 Å². The third-order valence-corrected chi connectivity index (χ3v) is 6.24. The van der Waals surface area contributed by atoms with Crippen molar-refractivity contribution in [2.24, 2.45) is 0 Å². The second-order valence-electron chi connectivity index (χ2n) is 8.88. The van der Waals surface area contributed by atoms with Gasteiger partial charge >= 0.3 is 18.1 Å². The number of esters is 1. The monoisotopic (exact) mass is 515 g/mol. The predicted octanol–water partition coefficient (Wildman–Crippen LogP) is 6.12. The number of rotatable bonds is 7. The number of halogens is 4. The highest BCUT2D eigenvalue weighted by atomic mass is 19.4. The van der Waals surface area contributed by atoms with Crippen LogP contribution < -0.4 is 4.90 Å². The highest BCUT2D eigenvalue weighted by Gasteiger charge is 2.44. The number of benzene rings is 2. The number of nitrogens with zero attached hydrogens (tertiary/aromatic N) is 3. The molecule has 0 bridgehead atoms. The molecule has 0 atom stereocenters. The van der Waals surface area contributed by atoms with Gasteiger partial charge in [-0.3, -0.25) is 19.7 Å². The Labute approximate surface area is 211 Å². The quantitative estimate of drug-likeness (QED) is 0.280. The first-order valence-corrected chi connectivity index (χ1v) is 11.9. The molecule has 1 amide bonds. The molecule has 6 nitrogen and oxygen atoms in total.